The van der Waals surface area contributed by atoms with Gasteiger partial charge in [-0.2, -0.15) is 10.1 Å². The van der Waals surface area contributed by atoms with Crippen LogP contribution in [0, 0.1) is 0 Å². The normalized spacial score (nSPS) is 10.8. The number of aryl methyl sites for hydroxylation is 1. The fourth-order valence-electron chi connectivity index (χ4n) is 2.70. The molecule has 1 N–H and O–H groups in total. The van der Waals surface area contributed by atoms with E-state index in [4.69, 9.17) is 16.1 Å². The summed E-state index contributed by atoms with van der Waals surface area (Å²) in [6.07, 6.45) is 4.07. The zero-order chi connectivity index (χ0) is 19.3. The van der Waals surface area contributed by atoms with E-state index in [1.165, 1.54) is 0 Å². The van der Waals surface area contributed by atoms with Crippen molar-refractivity contribution in [1.29, 1.82) is 0 Å². The molecule has 0 radical (unpaired) electrons. The van der Waals surface area contributed by atoms with Gasteiger partial charge in [0.05, 0.1) is 11.4 Å². The number of carbonyl (C=O) groups excluding carboxylic acids is 1. The highest BCUT2D eigenvalue weighted by molar-refractivity contribution is 6.30. The van der Waals surface area contributed by atoms with E-state index in [1.54, 1.807) is 23.0 Å². The Kier molecular flexibility index (Phi) is 5.16. The minimum atomic E-state index is -0.147. The molecule has 7 nitrogen and oxygen atoms in total. The second-order valence-corrected chi connectivity index (χ2v) is 6.47. The number of rotatable bonds is 6. The molecule has 0 aliphatic rings. The highest BCUT2D eigenvalue weighted by Crippen LogP contribution is 2.21. The Labute approximate surface area is 166 Å². The van der Waals surface area contributed by atoms with Crippen molar-refractivity contribution in [2.45, 2.75) is 12.8 Å². The molecule has 2 aromatic carbocycles. The molecule has 0 bridgehead atoms. The van der Waals surface area contributed by atoms with E-state index in [0.717, 1.165) is 11.3 Å². The number of carbonyl (C=O) groups is 1. The van der Waals surface area contributed by atoms with Gasteiger partial charge in [0.25, 0.3) is 0 Å². The number of nitrogens with zero attached hydrogens (tertiary/aromatic N) is 4. The summed E-state index contributed by atoms with van der Waals surface area (Å²) in [6, 6.07) is 16.5. The first kappa shape index (κ1) is 17.9. The molecule has 8 heteroatoms. The maximum Gasteiger partial charge on any atom is 0.227 e. The standard InChI is InChI=1S/C20H16ClN5O2/c21-15-8-6-14(7-9-15)20-24-19(28-25-20)11-10-18(27)23-16-4-1-2-5-17(16)26-13-3-12-22-26/h1-9,12-13H,10-11H2,(H,23,27). The summed E-state index contributed by atoms with van der Waals surface area (Å²) in [4.78, 5) is 16.7. The van der Waals surface area contributed by atoms with Crippen LogP contribution in [0.1, 0.15) is 12.3 Å². The molecule has 2 heterocycles. The summed E-state index contributed by atoms with van der Waals surface area (Å²) in [5.74, 6) is 0.724. The number of aromatic nitrogens is 4. The molecule has 28 heavy (non-hydrogen) atoms. The average molecular weight is 394 g/mol. The first-order valence-electron chi connectivity index (χ1n) is 8.66. The Morgan fingerprint density at radius 3 is 2.71 bits per heavy atom. The van der Waals surface area contributed by atoms with Crippen LogP contribution in [-0.2, 0) is 11.2 Å². The number of halogens is 1. The molecule has 4 rings (SSSR count). The van der Waals surface area contributed by atoms with Gasteiger partial charge < -0.3 is 9.84 Å². The quantitative estimate of drug-likeness (QED) is 0.532. The minimum Gasteiger partial charge on any atom is -0.339 e. The molecule has 0 fully saturated rings. The van der Waals surface area contributed by atoms with Crippen molar-refractivity contribution in [3.05, 3.63) is 77.9 Å². The van der Waals surface area contributed by atoms with E-state index < -0.39 is 0 Å². The summed E-state index contributed by atoms with van der Waals surface area (Å²) in [6.45, 7) is 0. The Bertz CT molecular complexity index is 1070. The van der Waals surface area contributed by atoms with Gasteiger partial charge in [0.15, 0.2) is 0 Å². The molecule has 0 aliphatic heterocycles. The third kappa shape index (κ3) is 4.10. The first-order valence-corrected chi connectivity index (χ1v) is 9.04. The highest BCUT2D eigenvalue weighted by atomic mass is 35.5. The van der Waals surface area contributed by atoms with Crippen LogP contribution in [0.25, 0.3) is 17.1 Å². The monoisotopic (exact) mass is 393 g/mol. The van der Waals surface area contributed by atoms with Gasteiger partial charge in [0.1, 0.15) is 0 Å². The fourth-order valence-corrected chi connectivity index (χ4v) is 2.82. The lowest BCUT2D eigenvalue weighted by Crippen LogP contribution is -2.14. The van der Waals surface area contributed by atoms with Crippen LogP contribution in [0.15, 0.2) is 71.5 Å². The van der Waals surface area contributed by atoms with Crippen LogP contribution in [0.5, 0.6) is 0 Å². The first-order chi connectivity index (χ1) is 13.7. The van der Waals surface area contributed by atoms with Gasteiger partial charge in [-0.3, -0.25) is 4.79 Å². The van der Waals surface area contributed by atoms with Crippen molar-refractivity contribution in [2.24, 2.45) is 0 Å². The number of nitrogens with one attached hydrogen (secondary N) is 1. The van der Waals surface area contributed by atoms with Crippen molar-refractivity contribution in [2.75, 3.05) is 5.32 Å². The van der Waals surface area contributed by atoms with E-state index in [9.17, 15) is 4.79 Å². The molecule has 0 unspecified atom stereocenters. The molecule has 2 aromatic heterocycles. The zero-order valence-corrected chi connectivity index (χ0v) is 15.5. The SMILES string of the molecule is O=C(CCc1nc(-c2ccc(Cl)cc2)no1)Nc1ccccc1-n1cccn1. The molecule has 4 aromatic rings. The summed E-state index contributed by atoms with van der Waals surface area (Å²) in [7, 11) is 0. The number of anilines is 1. The van der Waals surface area contributed by atoms with Crippen LogP contribution >= 0.6 is 11.6 Å². The van der Waals surface area contributed by atoms with Gasteiger partial charge in [0, 0.05) is 35.8 Å². The van der Waals surface area contributed by atoms with Crippen molar-refractivity contribution in [3.8, 4) is 17.1 Å². The minimum absolute atomic E-state index is 0.147. The molecular formula is C20H16ClN5O2. The molecule has 1 amide bonds. The lowest BCUT2D eigenvalue weighted by atomic mass is 10.2. The van der Waals surface area contributed by atoms with Gasteiger partial charge in [-0.05, 0) is 42.5 Å². The van der Waals surface area contributed by atoms with Crippen LogP contribution in [0.4, 0.5) is 5.69 Å². The Morgan fingerprint density at radius 1 is 1.11 bits per heavy atom. The predicted octanol–water partition coefficient (Wildman–Crippen LogP) is 4.15. The number of para-hydroxylation sites is 2. The molecule has 0 aliphatic carbocycles. The second kappa shape index (κ2) is 8.06. The Morgan fingerprint density at radius 2 is 1.93 bits per heavy atom. The van der Waals surface area contributed by atoms with Crippen LogP contribution in [-0.4, -0.2) is 25.8 Å². The van der Waals surface area contributed by atoms with Gasteiger partial charge in [-0.1, -0.05) is 28.9 Å². The molecule has 0 saturated carbocycles. The predicted molar refractivity (Wildman–Crippen MR) is 105 cm³/mol. The average Bonchev–Trinajstić information content (AvgIpc) is 3.40. The van der Waals surface area contributed by atoms with Crippen molar-refractivity contribution < 1.29 is 9.32 Å². The maximum absolute atomic E-state index is 12.4. The number of amides is 1. The van der Waals surface area contributed by atoms with E-state index >= 15 is 0 Å². The van der Waals surface area contributed by atoms with Crippen LogP contribution in [0.3, 0.4) is 0 Å². The van der Waals surface area contributed by atoms with Gasteiger partial charge in [-0.25, -0.2) is 4.68 Å². The van der Waals surface area contributed by atoms with Crippen LogP contribution in [0.2, 0.25) is 5.02 Å². The third-order valence-corrected chi connectivity index (χ3v) is 4.32. The maximum atomic E-state index is 12.4. The second-order valence-electron chi connectivity index (χ2n) is 6.03. The molecule has 0 spiro atoms. The topological polar surface area (TPSA) is 85.8 Å². The van der Waals surface area contributed by atoms with E-state index in [0.29, 0.717) is 28.8 Å². The number of benzene rings is 2. The summed E-state index contributed by atoms with van der Waals surface area (Å²) in [5.41, 5.74) is 2.28. The smallest absolute Gasteiger partial charge is 0.227 e. The molecular weight excluding hydrogens is 378 g/mol. The third-order valence-electron chi connectivity index (χ3n) is 4.07. The summed E-state index contributed by atoms with van der Waals surface area (Å²) < 4.78 is 6.94. The Hall–Kier alpha value is -3.45. The largest absolute Gasteiger partial charge is 0.339 e. The van der Waals surface area contributed by atoms with E-state index in [1.807, 2.05) is 48.7 Å². The zero-order valence-electron chi connectivity index (χ0n) is 14.7. The van der Waals surface area contributed by atoms with Gasteiger partial charge >= 0.3 is 0 Å². The highest BCUT2D eigenvalue weighted by Gasteiger charge is 2.12. The Balaban J connectivity index is 1.39. The number of hydrogen-bond acceptors (Lipinski definition) is 5. The number of hydrogen-bond donors (Lipinski definition) is 1. The van der Waals surface area contributed by atoms with Crippen molar-refractivity contribution in [3.63, 3.8) is 0 Å². The molecule has 0 atom stereocenters. The molecule has 0 saturated heterocycles. The van der Waals surface area contributed by atoms with E-state index in [-0.39, 0.29) is 12.3 Å². The van der Waals surface area contributed by atoms with Crippen LogP contribution < -0.4 is 5.32 Å². The lowest BCUT2D eigenvalue weighted by molar-refractivity contribution is -0.116. The van der Waals surface area contributed by atoms with Gasteiger partial charge in [-0.15, -0.1) is 0 Å². The van der Waals surface area contributed by atoms with Crippen molar-refractivity contribution >= 4 is 23.2 Å². The lowest BCUT2D eigenvalue weighted by Gasteiger charge is -2.10. The molecule has 140 valence electrons. The van der Waals surface area contributed by atoms with Crippen molar-refractivity contribution in [1.82, 2.24) is 19.9 Å². The summed E-state index contributed by atoms with van der Waals surface area (Å²) >= 11 is 5.88. The summed E-state index contributed by atoms with van der Waals surface area (Å²) in [5, 5.41) is 11.7. The van der Waals surface area contributed by atoms with E-state index in [2.05, 4.69) is 20.6 Å². The fraction of sp³-hybridized carbons (Fsp3) is 0.100. The van der Waals surface area contributed by atoms with Gasteiger partial charge in [0.2, 0.25) is 17.6 Å².